The molecule has 1 aliphatic heterocycles. The van der Waals surface area contributed by atoms with Crippen LogP contribution in [0, 0.1) is 11.8 Å². The predicted octanol–water partition coefficient (Wildman–Crippen LogP) is 3.37. The maximum absolute atomic E-state index is 5.98. The number of hydrogen-bond donors (Lipinski definition) is 0. The molecule has 0 amide bonds. The van der Waals surface area contributed by atoms with Crippen LogP contribution < -0.4 is 4.90 Å². The van der Waals surface area contributed by atoms with E-state index in [1.54, 1.807) is 0 Å². The number of halogens is 2. The monoisotopic (exact) mass is 303 g/mol. The molecule has 2 atom stereocenters. The largest absolute Gasteiger partial charge is 0.355 e. The Morgan fingerprint density at radius 2 is 1.94 bits per heavy atom. The number of aromatic nitrogens is 2. The topological polar surface area (TPSA) is 29.0 Å². The van der Waals surface area contributed by atoms with Crippen LogP contribution in [0.5, 0.6) is 0 Å². The summed E-state index contributed by atoms with van der Waals surface area (Å²) in [6.07, 6.45) is 2.80. The van der Waals surface area contributed by atoms with Crippen molar-refractivity contribution in [3.63, 3.8) is 0 Å². The second-order valence-electron chi connectivity index (χ2n) is 4.65. The molecule has 0 aromatic carbocycles. The number of rotatable bonds is 1. The molecule has 2 rings (SSSR count). The molecule has 1 aliphatic rings. The van der Waals surface area contributed by atoms with Gasteiger partial charge in [0.25, 0.3) is 0 Å². The van der Waals surface area contributed by atoms with E-state index in [0.29, 0.717) is 17.0 Å². The second kappa shape index (κ2) is 4.88. The summed E-state index contributed by atoms with van der Waals surface area (Å²) < 4.78 is 0.804. The fourth-order valence-corrected chi connectivity index (χ4v) is 2.98. The molecule has 1 aromatic heterocycles. The zero-order valence-electron chi connectivity index (χ0n) is 9.45. The van der Waals surface area contributed by atoms with Crippen LogP contribution in [0.1, 0.15) is 20.3 Å². The zero-order valence-corrected chi connectivity index (χ0v) is 11.8. The van der Waals surface area contributed by atoms with Gasteiger partial charge in [-0.1, -0.05) is 25.4 Å². The highest BCUT2D eigenvalue weighted by molar-refractivity contribution is 9.10. The normalized spacial score (nSPS) is 25.9. The summed E-state index contributed by atoms with van der Waals surface area (Å²) in [5, 5.41) is 0.482. The minimum Gasteiger partial charge on any atom is -0.355 e. The molecule has 0 saturated carbocycles. The average molecular weight is 305 g/mol. The number of piperidine rings is 1. The van der Waals surface area contributed by atoms with Gasteiger partial charge in [0.15, 0.2) is 0 Å². The highest BCUT2D eigenvalue weighted by Crippen LogP contribution is 2.32. The molecule has 3 nitrogen and oxygen atoms in total. The van der Waals surface area contributed by atoms with E-state index >= 15 is 0 Å². The summed E-state index contributed by atoms with van der Waals surface area (Å²) in [5.74, 6) is 2.31. The van der Waals surface area contributed by atoms with Crippen molar-refractivity contribution >= 4 is 33.3 Å². The summed E-state index contributed by atoms with van der Waals surface area (Å²) in [6, 6.07) is 0. The van der Waals surface area contributed by atoms with E-state index in [9.17, 15) is 0 Å². The first-order valence-electron chi connectivity index (χ1n) is 5.49. The van der Waals surface area contributed by atoms with Crippen LogP contribution in [0.15, 0.2) is 10.8 Å². The second-order valence-corrected chi connectivity index (χ2v) is 5.80. The van der Waals surface area contributed by atoms with Gasteiger partial charge in [0.05, 0.1) is 4.47 Å². The Morgan fingerprint density at radius 3 is 2.56 bits per heavy atom. The first-order chi connectivity index (χ1) is 7.58. The van der Waals surface area contributed by atoms with E-state index in [1.807, 2.05) is 0 Å². The van der Waals surface area contributed by atoms with E-state index in [-0.39, 0.29) is 0 Å². The molecular formula is C11H15BrClN3. The van der Waals surface area contributed by atoms with Crippen molar-refractivity contribution in [1.82, 2.24) is 9.97 Å². The summed E-state index contributed by atoms with van der Waals surface area (Å²) in [6.45, 7) is 6.63. The van der Waals surface area contributed by atoms with Crippen LogP contribution >= 0.6 is 27.5 Å². The first-order valence-corrected chi connectivity index (χ1v) is 6.66. The molecule has 0 N–H and O–H groups in total. The molecule has 0 aliphatic carbocycles. The number of nitrogens with zero attached hydrogens (tertiary/aromatic N) is 3. The Kier molecular flexibility index (Phi) is 3.70. The van der Waals surface area contributed by atoms with Gasteiger partial charge in [0.2, 0.25) is 0 Å². The van der Waals surface area contributed by atoms with Gasteiger partial charge < -0.3 is 4.90 Å². The average Bonchev–Trinajstić information content (AvgIpc) is 2.20. The van der Waals surface area contributed by atoms with Crippen LogP contribution in [0.4, 0.5) is 5.82 Å². The SMILES string of the molecule is CC1CC(C)CN(c2ncnc(Cl)c2Br)C1. The van der Waals surface area contributed by atoms with Crippen molar-refractivity contribution in [3.05, 3.63) is 16.0 Å². The molecule has 1 aromatic rings. The van der Waals surface area contributed by atoms with Gasteiger partial charge in [-0.15, -0.1) is 0 Å². The van der Waals surface area contributed by atoms with Gasteiger partial charge in [0, 0.05) is 13.1 Å². The minimum atomic E-state index is 0.482. The molecule has 5 heteroatoms. The van der Waals surface area contributed by atoms with E-state index in [2.05, 4.69) is 44.6 Å². The van der Waals surface area contributed by atoms with Gasteiger partial charge >= 0.3 is 0 Å². The van der Waals surface area contributed by atoms with Gasteiger partial charge in [-0.05, 0) is 34.2 Å². The van der Waals surface area contributed by atoms with Crippen LogP contribution in [0.25, 0.3) is 0 Å². The van der Waals surface area contributed by atoms with Crippen molar-refractivity contribution in [1.29, 1.82) is 0 Å². The van der Waals surface area contributed by atoms with Crippen molar-refractivity contribution in [2.75, 3.05) is 18.0 Å². The fraction of sp³-hybridized carbons (Fsp3) is 0.636. The molecule has 16 heavy (non-hydrogen) atoms. The van der Waals surface area contributed by atoms with Crippen LogP contribution in [-0.4, -0.2) is 23.1 Å². The van der Waals surface area contributed by atoms with E-state index in [0.717, 1.165) is 23.4 Å². The third kappa shape index (κ3) is 2.48. The number of hydrogen-bond acceptors (Lipinski definition) is 3. The first kappa shape index (κ1) is 12.1. The maximum atomic E-state index is 5.98. The lowest BCUT2D eigenvalue weighted by molar-refractivity contribution is 0.355. The van der Waals surface area contributed by atoms with E-state index in [1.165, 1.54) is 12.7 Å². The lowest BCUT2D eigenvalue weighted by Gasteiger charge is -2.36. The predicted molar refractivity (Wildman–Crippen MR) is 69.9 cm³/mol. The molecule has 2 unspecified atom stereocenters. The Morgan fingerprint density at radius 1 is 1.31 bits per heavy atom. The lowest BCUT2D eigenvalue weighted by Crippen LogP contribution is -2.39. The number of anilines is 1. The van der Waals surface area contributed by atoms with E-state index in [4.69, 9.17) is 11.6 Å². The third-order valence-corrected chi connectivity index (χ3v) is 4.14. The molecule has 1 fully saturated rings. The standard InChI is InChI=1S/C11H15BrClN3/c1-7-3-8(2)5-16(4-7)11-9(12)10(13)14-6-15-11/h6-8H,3-5H2,1-2H3. The maximum Gasteiger partial charge on any atom is 0.148 e. The highest BCUT2D eigenvalue weighted by Gasteiger charge is 2.24. The summed E-state index contributed by atoms with van der Waals surface area (Å²) in [7, 11) is 0. The van der Waals surface area contributed by atoms with Crippen molar-refractivity contribution in [2.24, 2.45) is 11.8 Å². The van der Waals surface area contributed by atoms with Gasteiger partial charge in [-0.3, -0.25) is 0 Å². The van der Waals surface area contributed by atoms with Crippen LogP contribution in [0.2, 0.25) is 5.15 Å². The molecule has 2 heterocycles. The Labute approximate surface area is 109 Å². The van der Waals surface area contributed by atoms with Gasteiger partial charge in [-0.2, -0.15) is 0 Å². The zero-order chi connectivity index (χ0) is 11.7. The van der Waals surface area contributed by atoms with Gasteiger partial charge in [-0.25, -0.2) is 9.97 Å². The van der Waals surface area contributed by atoms with Crippen molar-refractivity contribution < 1.29 is 0 Å². The van der Waals surface area contributed by atoms with Crippen LogP contribution in [0.3, 0.4) is 0 Å². The quantitative estimate of drug-likeness (QED) is 0.745. The molecule has 88 valence electrons. The smallest absolute Gasteiger partial charge is 0.148 e. The Balaban J connectivity index is 2.26. The molecule has 0 spiro atoms. The lowest BCUT2D eigenvalue weighted by atomic mass is 9.92. The molecule has 0 bridgehead atoms. The summed E-state index contributed by atoms with van der Waals surface area (Å²) >= 11 is 9.44. The highest BCUT2D eigenvalue weighted by atomic mass is 79.9. The molecule has 1 saturated heterocycles. The third-order valence-electron chi connectivity index (χ3n) is 2.90. The Hall–Kier alpha value is -0.350. The molecule has 0 radical (unpaired) electrons. The molecular weight excluding hydrogens is 289 g/mol. The van der Waals surface area contributed by atoms with E-state index < -0.39 is 0 Å². The van der Waals surface area contributed by atoms with Gasteiger partial charge in [0.1, 0.15) is 17.3 Å². The van der Waals surface area contributed by atoms with Crippen molar-refractivity contribution in [3.8, 4) is 0 Å². The summed E-state index contributed by atoms with van der Waals surface area (Å²) in [5.41, 5.74) is 0. The van der Waals surface area contributed by atoms with Crippen molar-refractivity contribution in [2.45, 2.75) is 20.3 Å². The Bertz CT molecular complexity index is 375. The summed E-state index contributed by atoms with van der Waals surface area (Å²) in [4.78, 5) is 10.6. The minimum absolute atomic E-state index is 0.482. The fourth-order valence-electron chi connectivity index (χ4n) is 2.40. The van der Waals surface area contributed by atoms with Crippen LogP contribution in [-0.2, 0) is 0 Å².